The largest absolute Gasteiger partial charge is 0.414 e. The quantitative estimate of drug-likeness (QED) is 0.654. The number of sulfonamides is 1. The molecule has 7 nitrogen and oxygen atoms in total. The maximum absolute atomic E-state index is 12.3. The van der Waals surface area contributed by atoms with Crippen molar-refractivity contribution in [2.24, 2.45) is 0 Å². The second-order valence-electron chi connectivity index (χ2n) is 5.65. The van der Waals surface area contributed by atoms with E-state index in [4.69, 9.17) is 22.4 Å². The number of nitrogens with one attached hydrogen (secondary N) is 1. The molecule has 27 heavy (non-hydrogen) atoms. The minimum atomic E-state index is -4.81. The lowest BCUT2D eigenvalue weighted by Crippen LogP contribution is -2.34. The topological polar surface area (TPSA) is 118 Å². The van der Waals surface area contributed by atoms with Gasteiger partial charge in [0.2, 0.25) is 10.0 Å². The number of nitrogen functional groups attached to an aromatic ring is 1. The number of nitrogens with zero attached hydrogens (tertiary/aromatic N) is 2. The van der Waals surface area contributed by atoms with E-state index in [2.05, 4.69) is 9.97 Å². The predicted molar refractivity (Wildman–Crippen MR) is 93.5 cm³/mol. The number of nitrogens with two attached hydrogens (primary N) is 1. The molecule has 2 rings (SSSR count). The fourth-order valence-corrected chi connectivity index (χ4v) is 3.34. The Morgan fingerprint density at radius 1 is 1.37 bits per heavy atom. The first-order valence-electron chi connectivity index (χ1n) is 7.55. The summed E-state index contributed by atoms with van der Waals surface area (Å²) in [4.78, 5) is 7.73. The number of hydrogen-bond acceptors (Lipinski definition) is 6. The van der Waals surface area contributed by atoms with E-state index in [1.54, 1.807) is 6.92 Å². The van der Waals surface area contributed by atoms with Crippen molar-refractivity contribution >= 4 is 27.4 Å². The molecule has 0 aliphatic carbocycles. The number of anilines is 1. The van der Waals surface area contributed by atoms with E-state index < -0.39 is 35.3 Å². The van der Waals surface area contributed by atoms with Crippen LogP contribution >= 0.6 is 11.6 Å². The van der Waals surface area contributed by atoms with Gasteiger partial charge in [-0.15, -0.1) is 0 Å². The van der Waals surface area contributed by atoms with Crippen molar-refractivity contribution in [3.05, 3.63) is 35.1 Å². The Hall–Kier alpha value is -1.95. The molecule has 0 saturated heterocycles. The molecule has 0 saturated carbocycles. The second kappa shape index (κ2) is 7.97. The molecule has 148 valence electrons. The van der Waals surface area contributed by atoms with Crippen molar-refractivity contribution in [3.63, 3.8) is 0 Å². The smallest absolute Gasteiger partial charge is 0.384 e. The van der Waals surface area contributed by atoms with Crippen LogP contribution in [-0.2, 0) is 10.0 Å². The summed E-state index contributed by atoms with van der Waals surface area (Å²) in [6.45, 7) is 1.13. The molecule has 0 unspecified atom stereocenters. The zero-order valence-electron chi connectivity index (χ0n) is 14.0. The highest BCUT2D eigenvalue weighted by Crippen LogP contribution is 2.27. The normalized spacial score (nSPS) is 13.6. The van der Waals surface area contributed by atoms with Gasteiger partial charge < -0.3 is 10.8 Å². The molecule has 1 aromatic carbocycles. The fourth-order valence-electron chi connectivity index (χ4n) is 2.13. The lowest BCUT2D eigenvalue weighted by molar-refractivity contribution is -0.204. The SMILES string of the molecule is Cc1ccc(S(=O)(=O)NCC[C@H](O)C(F)(F)F)cc1-c1cnc(N)c(Cl)n1. The van der Waals surface area contributed by atoms with Gasteiger partial charge in [0.25, 0.3) is 0 Å². The van der Waals surface area contributed by atoms with E-state index >= 15 is 0 Å². The molecule has 0 amide bonds. The van der Waals surface area contributed by atoms with Gasteiger partial charge in [0.15, 0.2) is 17.1 Å². The van der Waals surface area contributed by atoms with Crippen molar-refractivity contribution < 1.29 is 26.7 Å². The summed E-state index contributed by atoms with van der Waals surface area (Å²) in [6.07, 6.45) is -6.90. The first kappa shape index (κ1) is 21.4. The van der Waals surface area contributed by atoms with Gasteiger partial charge in [-0.2, -0.15) is 13.2 Å². The van der Waals surface area contributed by atoms with E-state index in [0.29, 0.717) is 11.1 Å². The lowest BCUT2D eigenvalue weighted by Gasteiger charge is -2.15. The minimum Gasteiger partial charge on any atom is -0.384 e. The van der Waals surface area contributed by atoms with Gasteiger partial charge in [-0.05, 0) is 31.0 Å². The second-order valence-corrected chi connectivity index (χ2v) is 7.78. The molecule has 0 fully saturated rings. The molecule has 0 bridgehead atoms. The van der Waals surface area contributed by atoms with Crippen LogP contribution in [-0.4, -0.2) is 42.3 Å². The van der Waals surface area contributed by atoms with Crippen LogP contribution in [0.2, 0.25) is 5.15 Å². The average molecular weight is 425 g/mol. The van der Waals surface area contributed by atoms with Gasteiger partial charge in [-0.3, -0.25) is 0 Å². The van der Waals surface area contributed by atoms with Crippen LogP contribution in [0.15, 0.2) is 29.3 Å². The highest BCUT2D eigenvalue weighted by Gasteiger charge is 2.37. The van der Waals surface area contributed by atoms with Crippen LogP contribution in [0.3, 0.4) is 0 Å². The fraction of sp³-hybridized carbons (Fsp3) is 0.333. The number of rotatable bonds is 6. The molecule has 1 atom stereocenters. The molecular weight excluding hydrogens is 409 g/mol. The van der Waals surface area contributed by atoms with Gasteiger partial charge in [0.1, 0.15) is 0 Å². The minimum absolute atomic E-state index is 0.0201. The first-order valence-corrected chi connectivity index (χ1v) is 9.41. The van der Waals surface area contributed by atoms with Gasteiger partial charge in [-0.25, -0.2) is 23.1 Å². The van der Waals surface area contributed by atoms with Crippen LogP contribution in [0.25, 0.3) is 11.3 Å². The molecule has 0 aliphatic rings. The monoisotopic (exact) mass is 424 g/mol. The number of aliphatic hydroxyl groups is 1. The van der Waals surface area contributed by atoms with Crippen molar-refractivity contribution in [2.75, 3.05) is 12.3 Å². The first-order chi connectivity index (χ1) is 12.4. The third kappa shape index (κ3) is 5.28. The molecule has 0 aliphatic heterocycles. The zero-order valence-corrected chi connectivity index (χ0v) is 15.5. The highest BCUT2D eigenvalue weighted by molar-refractivity contribution is 7.89. The van der Waals surface area contributed by atoms with Crippen molar-refractivity contribution in [1.29, 1.82) is 0 Å². The van der Waals surface area contributed by atoms with Crippen molar-refractivity contribution in [1.82, 2.24) is 14.7 Å². The molecule has 12 heteroatoms. The van der Waals surface area contributed by atoms with Crippen LogP contribution in [0, 0.1) is 6.92 Å². The van der Waals surface area contributed by atoms with Crippen LogP contribution in [0.4, 0.5) is 19.0 Å². The third-order valence-electron chi connectivity index (χ3n) is 3.64. The average Bonchev–Trinajstić information content (AvgIpc) is 2.56. The number of aromatic nitrogens is 2. The zero-order chi connectivity index (χ0) is 20.4. The molecule has 1 heterocycles. The molecule has 2 aromatic rings. The Morgan fingerprint density at radius 2 is 2.04 bits per heavy atom. The van der Waals surface area contributed by atoms with Crippen molar-refractivity contribution in [2.45, 2.75) is 30.5 Å². The number of aryl methyl sites for hydroxylation is 1. The van der Waals surface area contributed by atoms with Gasteiger partial charge in [0, 0.05) is 12.1 Å². The molecule has 0 spiro atoms. The number of alkyl halides is 3. The third-order valence-corrected chi connectivity index (χ3v) is 5.38. The summed E-state index contributed by atoms with van der Waals surface area (Å²) < 4.78 is 63.5. The molecule has 1 aromatic heterocycles. The Balaban J connectivity index is 2.24. The summed E-state index contributed by atoms with van der Waals surface area (Å²) in [7, 11) is -4.10. The van der Waals surface area contributed by atoms with Gasteiger partial charge >= 0.3 is 6.18 Å². The lowest BCUT2D eigenvalue weighted by atomic mass is 10.1. The number of aliphatic hydroxyl groups excluding tert-OH is 1. The van der Waals surface area contributed by atoms with E-state index in [0.717, 1.165) is 0 Å². The van der Waals surface area contributed by atoms with E-state index in [1.165, 1.54) is 24.4 Å². The number of benzene rings is 1. The summed E-state index contributed by atoms with van der Waals surface area (Å²) in [5.74, 6) is 0.0201. The maximum atomic E-state index is 12.3. The summed E-state index contributed by atoms with van der Waals surface area (Å²) in [6, 6.07) is 4.11. The number of halogens is 4. The Labute approximate surface area is 158 Å². The molecular formula is C15H16ClF3N4O3S. The van der Waals surface area contributed by atoms with Gasteiger partial charge in [0.05, 0.1) is 16.8 Å². The number of hydrogen-bond donors (Lipinski definition) is 3. The standard InChI is InChI=1S/C15H16ClF3N4O3S/c1-8-2-3-9(6-10(8)11-7-21-14(20)13(16)23-11)27(25,26)22-5-4-12(24)15(17,18)19/h2-3,6-7,12,22,24H,4-5H2,1H3,(H2,20,21)/t12-/m0/s1. The van der Waals surface area contributed by atoms with Crippen LogP contribution < -0.4 is 10.5 Å². The van der Waals surface area contributed by atoms with Crippen LogP contribution in [0.5, 0.6) is 0 Å². The Bertz CT molecular complexity index is 938. The maximum Gasteiger partial charge on any atom is 0.414 e. The van der Waals surface area contributed by atoms with E-state index in [1.807, 2.05) is 4.72 Å². The van der Waals surface area contributed by atoms with E-state index in [-0.39, 0.29) is 21.6 Å². The summed E-state index contributed by atoms with van der Waals surface area (Å²) in [5.41, 5.74) is 6.89. The molecule has 0 radical (unpaired) electrons. The highest BCUT2D eigenvalue weighted by atomic mass is 35.5. The van der Waals surface area contributed by atoms with Crippen LogP contribution in [0.1, 0.15) is 12.0 Å². The summed E-state index contributed by atoms with van der Waals surface area (Å²) >= 11 is 5.84. The Kier molecular flexibility index (Phi) is 6.30. The Morgan fingerprint density at radius 3 is 2.63 bits per heavy atom. The molecule has 4 N–H and O–H groups in total. The predicted octanol–water partition coefficient (Wildman–Crippen LogP) is 2.28. The van der Waals surface area contributed by atoms with E-state index in [9.17, 15) is 21.6 Å². The van der Waals surface area contributed by atoms with Gasteiger partial charge in [-0.1, -0.05) is 17.7 Å². The van der Waals surface area contributed by atoms with Crippen molar-refractivity contribution in [3.8, 4) is 11.3 Å². The summed E-state index contributed by atoms with van der Waals surface area (Å²) in [5, 5.41) is 8.89.